The standard InChI is InChI=1S/C10H13ClN2OS/c11-8-9-7-10(1-2-12-9)13-3-5-15(14)6-4-13/h1-2,7H,3-6,8H2. The lowest BCUT2D eigenvalue weighted by Gasteiger charge is -2.28. The second-order valence-corrected chi connectivity index (χ2v) is 5.44. The summed E-state index contributed by atoms with van der Waals surface area (Å²) in [6, 6.07) is 3.98. The van der Waals surface area contributed by atoms with E-state index in [1.165, 1.54) is 0 Å². The number of nitrogens with zero attached hydrogens (tertiary/aromatic N) is 2. The van der Waals surface area contributed by atoms with Crippen LogP contribution >= 0.6 is 11.6 Å². The molecule has 3 nitrogen and oxygen atoms in total. The maximum Gasteiger partial charge on any atom is 0.0648 e. The normalized spacial score (nSPS) is 18.1. The molecule has 1 fully saturated rings. The van der Waals surface area contributed by atoms with Crippen LogP contribution in [0, 0.1) is 0 Å². The van der Waals surface area contributed by atoms with Gasteiger partial charge in [0, 0.05) is 47.3 Å². The topological polar surface area (TPSA) is 33.2 Å². The monoisotopic (exact) mass is 244 g/mol. The van der Waals surface area contributed by atoms with Gasteiger partial charge < -0.3 is 4.90 Å². The molecule has 15 heavy (non-hydrogen) atoms. The van der Waals surface area contributed by atoms with Crippen molar-refractivity contribution in [2.45, 2.75) is 5.88 Å². The molecule has 0 atom stereocenters. The molecular weight excluding hydrogens is 232 g/mol. The van der Waals surface area contributed by atoms with Crippen LogP contribution in [0.5, 0.6) is 0 Å². The molecule has 0 N–H and O–H groups in total. The molecule has 1 aliphatic heterocycles. The molecule has 1 aromatic heterocycles. The van der Waals surface area contributed by atoms with Crippen molar-refractivity contribution in [1.29, 1.82) is 0 Å². The fourth-order valence-electron chi connectivity index (χ4n) is 1.63. The van der Waals surface area contributed by atoms with E-state index in [-0.39, 0.29) is 0 Å². The van der Waals surface area contributed by atoms with Crippen LogP contribution in [0.3, 0.4) is 0 Å². The Morgan fingerprint density at radius 1 is 1.47 bits per heavy atom. The summed E-state index contributed by atoms with van der Waals surface area (Å²) in [6.45, 7) is 1.72. The maximum absolute atomic E-state index is 11.2. The quantitative estimate of drug-likeness (QED) is 0.738. The molecule has 82 valence electrons. The number of anilines is 1. The van der Waals surface area contributed by atoms with Crippen molar-refractivity contribution in [2.24, 2.45) is 0 Å². The predicted molar refractivity (Wildman–Crippen MR) is 63.9 cm³/mol. The lowest BCUT2D eigenvalue weighted by molar-refractivity contribution is 0.673. The predicted octanol–water partition coefficient (Wildman–Crippen LogP) is 1.39. The highest BCUT2D eigenvalue weighted by atomic mass is 35.5. The van der Waals surface area contributed by atoms with Gasteiger partial charge in [-0.2, -0.15) is 0 Å². The van der Waals surface area contributed by atoms with E-state index < -0.39 is 10.8 Å². The van der Waals surface area contributed by atoms with Crippen molar-refractivity contribution in [3.8, 4) is 0 Å². The molecule has 0 saturated carbocycles. The van der Waals surface area contributed by atoms with Gasteiger partial charge in [-0.3, -0.25) is 9.19 Å². The van der Waals surface area contributed by atoms with Crippen LogP contribution in [-0.4, -0.2) is 33.8 Å². The number of hydrogen-bond acceptors (Lipinski definition) is 3. The molecule has 1 saturated heterocycles. The van der Waals surface area contributed by atoms with Crippen LogP contribution in [0.4, 0.5) is 5.69 Å². The summed E-state index contributed by atoms with van der Waals surface area (Å²) < 4.78 is 11.2. The molecule has 0 spiro atoms. The van der Waals surface area contributed by atoms with Crippen molar-refractivity contribution in [1.82, 2.24) is 4.98 Å². The van der Waals surface area contributed by atoms with Crippen molar-refractivity contribution in [2.75, 3.05) is 29.5 Å². The summed E-state index contributed by atoms with van der Waals surface area (Å²) in [6.07, 6.45) is 1.78. The number of pyridine rings is 1. The molecule has 1 aromatic rings. The molecule has 2 rings (SSSR count). The molecule has 0 radical (unpaired) electrons. The average Bonchev–Trinajstić information content (AvgIpc) is 2.30. The largest absolute Gasteiger partial charge is 0.370 e. The van der Waals surface area contributed by atoms with Gasteiger partial charge >= 0.3 is 0 Å². The zero-order valence-corrected chi connectivity index (χ0v) is 9.93. The van der Waals surface area contributed by atoms with Crippen molar-refractivity contribution >= 4 is 28.1 Å². The highest BCUT2D eigenvalue weighted by molar-refractivity contribution is 7.85. The molecule has 0 amide bonds. The Morgan fingerprint density at radius 3 is 2.87 bits per heavy atom. The first-order valence-electron chi connectivity index (χ1n) is 4.90. The number of alkyl halides is 1. The van der Waals surface area contributed by atoms with Crippen LogP contribution < -0.4 is 4.90 Å². The third-order valence-electron chi connectivity index (χ3n) is 2.48. The van der Waals surface area contributed by atoms with Gasteiger partial charge in [0.05, 0.1) is 11.6 Å². The van der Waals surface area contributed by atoms with Crippen LogP contribution in [-0.2, 0) is 16.7 Å². The first-order chi connectivity index (χ1) is 7.29. The van der Waals surface area contributed by atoms with E-state index in [0.717, 1.165) is 36.0 Å². The zero-order valence-electron chi connectivity index (χ0n) is 8.36. The van der Waals surface area contributed by atoms with Gasteiger partial charge in [-0.1, -0.05) is 0 Å². The SMILES string of the molecule is O=S1CCN(c2ccnc(CCl)c2)CC1. The number of rotatable bonds is 2. The third-order valence-corrected chi connectivity index (χ3v) is 4.03. The molecule has 0 aromatic carbocycles. The van der Waals surface area contributed by atoms with Gasteiger partial charge in [-0.15, -0.1) is 11.6 Å². The van der Waals surface area contributed by atoms with Gasteiger partial charge in [0.1, 0.15) is 0 Å². The van der Waals surface area contributed by atoms with Crippen LogP contribution in [0.2, 0.25) is 0 Å². The van der Waals surface area contributed by atoms with E-state index in [1.54, 1.807) is 6.20 Å². The summed E-state index contributed by atoms with van der Waals surface area (Å²) >= 11 is 5.73. The second-order valence-electron chi connectivity index (χ2n) is 3.47. The second kappa shape index (κ2) is 4.94. The Bertz CT molecular complexity index is 362. The number of aromatic nitrogens is 1. The highest BCUT2D eigenvalue weighted by Gasteiger charge is 2.15. The first-order valence-corrected chi connectivity index (χ1v) is 6.92. The Morgan fingerprint density at radius 2 is 2.20 bits per heavy atom. The van der Waals surface area contributed by atoms with Crippen LogP contribution in [0.1, 0.15) is 5.69 Å². The molecule has 0 bridgehead atoms. The van der Waals surface area contributed by atoms with Crippen LogP contribution in [0.15, 0.2) is 18.3 Å². The molecule has 1 aliphatic rings. The van der Waals surface area contributed by atoms with Gasteiger partial charge in [-0.25, -0.2) is 0 Å². The Balaban J connectivity index is 2.11. The zero-order chi connectivity index (χ0) is 10.7. The fraction of sp³-hybridized carbons (Fsp3) is 0.500. The summed E-state index contributed by atoms with van der Waals surface area (Å²) in [5, 5.41) is 0. The van der Waals surface area contributed by atoms with Gasteiger partial charge in [0.2, 0.25) is 0 Å². The molecule has 5 heteroatoms. The van der Waals surface area contributed by atoms with Crippen LogP contribution in [0.25, 0.3) is 0 Å². The maximum atomic E-state index is 11.2. The number of hydrogen-bond donors (Lipinski definition) is 0. The lowest BCUT2D eigenvalue weighted by atomic mass is 10.3. The lowest BCUT2D eigenvalue weighted by Crippen LogP contribution is -2.37. The van der Waals surface area contributed by atoms with Gasteiger partial charge in [-0.05, 0) is 12.1 Å². The van der Waals surface area contributed by atoms with E-state index in [0.29, 0.717) is 5.88 Å². The molecule has 2 heterocycles. The highest BCUT2D eigenvalue weighted by Crippen LogP contribution is 2.17. The minimum absolute atomic E-state index is 0.438. The minimum Gasteiger partial charge on any atom is -0.370 e. The average molecular weight is 245 g/mol. The third kappa shape index (κ3) is 2.69. The summed E-state index contributed by atoms with van der Waals surface area (Å²) in [5.41, 5.74) is 2.03. The summed E-state index contributed by atoms with van der Waals surface area (Å²) in [4.78, 5) is 6.38. The Labute approximate surface area is 96.9 Å². The van der Waals surface area contributed by atoms with Crippen molar-refractivity contribution < 1.29 is 4.21 Å². The summed E-state index contributed by atoms with van der Waals surface area (Å²) in [5.74, 6) is 1.96. The fourth-order valence-corrected chi connectivity index (χ4v) is 2.83. The molecular formula is C10H13ClN2OS. The minimum atomic E-state index is -0.625. The van der Waals surface area contributed by atoms with Crippen molar-refractivity contribution in [3.05, 3.63) is 24.0 Å². The smallest absolute Gasteiger partial charge is 0.0648 e. The van der Waals surface area contributed by atoms with Gasteiger partial charge in [0.15, 0.2) is 0 Å². The molecule has 0 aliphatic carbocycles. The van der Waals surface area contributed by atoms with E-state index in [9.17, 15) is 4.21 Å². The van der Waals surface area contributed by atoms with E-state index in [2.05, 4.69) is 9.88 Å². The summed E-state index contributed by atoms with van der Waals surface area (Å²) in [7, 11) is -0.625. The van der Waals surface area contributed by atoms with E-state index in [1.807, 2.05) is 12.1 Å². The Kier molecular flexibility index (Phi) is 3.59. The molecule has 0 unspecified atom stereocenters. The van der Waals surface area contributed by atoms with Gasteiger partial charge in [0.25, 0.3) is 0 Å². The van der Waals surface area contributed by atoms with E-state index in [4.69, 9.17) is 11.6 Å². The first kappa shape index (κ1) is 10.9. The van der Waals surface area contributed by atoms with Crippen molar-refractivity contribution in [3.63, 3.8) is 0 Å². The van der Waals surface area contributed by atoms with E-state index >= 15 is 0 Å². The Hall–Kier alpha value is -0.610. The number of halogens is 1.